The van der Waals surface area contributed by atoms with Crippen LogP contribution in [0.4, 0.5) is 15.9 Å². The molecule has 3 aromatic rings. The number of rotatable bonds is 9. The Morgan fingerprint density at radius 3 is 2.29 bits per heavy atom. The molecule has 1 atom stereocenters. The number of aromatic nitrogens is 2. The van der Waals surface area contributed by atoms with Crippen molar-refractivity contribution in [1.82, 2.24) is 30.6 Å². The molecular weight excluding hydrogens is 765 g/mol. The minimum absolute atomic E-state index is 0.00813. The number of carbonyl (C=O) groups is 4. The third kappa shape index (κ3) is 8.21. The molecule has 1 saturated carbocycles. The molecule has 4 amide bonds. The van der Waals surface area contributed by atoms with Crippen molar-refractivity contribution in [3.8, 4) is 11.8 Å². The lowest BCUT2D eigenvalue weighted by atomic mass is 9.93. The van der Waals surface area contributed by atoms with Gasteiger partial charge in [-0.25, -0.2) is 4.39 Å². The number of nitriles is 1. The van der Waals surface area contributed by atoms with Crippen molar-refractivity contribution in [1.29, 1.82) is 5.26 Å². The Morgan fingerprint density at radius 2 is 1.64 bits per heavy atom. The quantitative estimate of drug-likeness (QED) is 0.289. The van der Waals surface area contributed by atoms with Gasteiger partial charge in [0.15, 0.2) is 11.5 Å². The second-order valence-electron chi connectivity index (χ2n) is 15.8. The number of piperazine rings is 1. The van der Waals surface area contributed by atoms with Crippen LogP contribution in [0.5, 0.6) is 5.75 Å². The summed E-state index contributed by atoms with van der Waals surface area (Å²) in [6.45, 7) is 8.96. The van der Waals surface area contributed by atoms with E-state index in [1.54, 1.807) is 24.3 Å². The SMILES string of the molecule is C=C1CCC(N2C(=O)c3cc(F)c(N4CCN(CC5CCN(c6ccc(C(=O)N[C@H]7CC[C@H](Oc8ccc(C#N)c(Cl)c8)CC7)nn6)CC5)CC4)cc3C2=O)C(=O)N1. The average Bonchev–Trinajstić information content (AvgIpc) is 3.46. The van der Waals surface area contributed by atoms with Crippen molar-refractivity contribution in [2.24, 2.45) is 5.92 Å². The zero-order chi connectivity index (χ0) is 40.5. The molecule has 3 saturated heterocycles. The van der Waals surface area contributed by atoms with Gasteiger partial charge in [0.25, 0.3) is 17.7 Å². The number of halogens is 2. The van der Waals surface area contributed by atoms with Crippen molar-refractivity contribution in [2.75, 3.05) is 55.6 Å². The molecule has 302 valence electrons. The molecule has 1 unspecified atom stereocenters. The number of hydrogen-bond donors (Lipinski definition) is 2. The van der Waals surface area contributed by atoms with Crippen LogP contribution in [0.3, 0.4) is 0 Å². The summed E-state index contributed by atoms with van der Waals surface area (Å²) in [6.07, 6.45) is 5.82. The molecule has 4 aliphatic heterocycles. The Balaban J connectivity index is 0.764. The standard InChI is InChI=1S/C42H45ClFN9O5/c1-25-2-10-36(40(55)46-25)53-41(56)31-21-34(44)37(22-32(31)42(53)57)51-18-16-50(17-19-51)24-26-12-14-52(15-13-26)38-11-9-35(48-49-38)39(54)47-28-4-7-29(8-5-28)58-30-6-3-27(23-45)33(43)20-30/h3,6,9,11,20-22,26,28-29,36H,1-2,4-5,7-8,10,12-19,24H2,(H,46,55)(H,47,54)/t28-,29-,36?. The zero-order valence-electron chi connectivity index (χ0n) is 32.1. The third-order valence-electron chi connectivity index (χ3n) is 12.0. The van der Waals surface area contributed by atoms with Gasteiger partial charge in [0.1, 0.15) is 23.7 Å². The summed E-state index contributed by atoms with van der Waals surface area (Å²) >= 11 is 6.14. The zero-order valence-corrected chi connectivity index (χ0v) is 32.8. The van der Waals surface area contributed by atoms with Gasteiger partial charge in [0.05, 0.1) is 33.5 Å². The van der Waals surface area contributed by atoms with E-state index >= 15 is 4.39 Å². The average molecular weight is 810 g/mol. The van der Waals surface area contributed by atoms with Crippen LogP contribution < -0.4 is 25.2 Å². The van der Waals surface area contributed by atoms with Gasteiger partial charge in [-0.2, -0.15) is 5.26 Å². The lowest BCUT2D eigenvalue weighted by Gasteiger charge is -2.39. The van der Waals surface area contributed by atoms with Crippen LogP contribution in [0.2, 0.25) is 5.02 Å². The summed E-state index contributed by atoms with van der Waals surface area (Å²) in [6, 6.07) is 12.4. The van der Waals surface area contributed by atoms with Crippen LogP contribution in [0.25, 0.3) is 0 Å². The number of anilines is 2. The van der Waals surface area contributed by atoms with Crippen LogP contribution in [0.1, 0.15) is 88.1 Å². The second kappa shape index (κ2) is 16.7. The van der Waals surface area contributed by atoms with Crippen molar-refractivity contribution in [3.05, 3.63) is 88.0 Å². The fourth-order valence-electron chi connectivity index (χ4n) is 8.73. The van der Waals surface area contributed by atoms with E-state index in [4.69, 9.17) is 21.6 Å². The van der Waals surface area contributed by atoms with E-state index in [0.29, 0.717) is 53.1 Å². The molecule has 2 N–H and O–H groups in total. The first kappa shape index (κ1) is 39.2. The predicted octanol–water partition coefficient (Wildman–Crippen LogP) is 4.69. The van der Waals surface area contributed by atoms with Gasteiger partial charge in [-0.1, -0.05) is 18.2 Å². The maximum absolute atomic E-state index is 15.4. The van der Waals surface area contributed by atoms with E-state index in [-0.39, 0.29) is 41.3 Å². The van der Waals surface area contributed by atoms with Gasteiger partial charge in [0.2, 0.25) is 5.91 Å². The van der Waals surface area contributed by atoms with Crippen molar-refractivity contribution >= 4 is 46.7 Å². The first-order valence-electron chi connectivity index (χ1n) is 20.0. The first-order valence-corrected chi connectivity index (χ1v) is 20.4. The Bertz CT molecular complexity index is 2160. The van der Waals surface area contributed by atoms with Crippen LogP contribution in [0, 0.1) is 23.1 Å². The van der Waals surface area contributed by atoms with Crippen molar-refractivity contribution in [3.63, 3.8) is 0 Å². The van der Waals surface area contributed by atoms with Gasteiger partial charge >= 0.3 is 0 Å². The summed E-state index contributed by atoms with van der Waals surface area (Å²) in [4.78, 5) is 59.6. The van der Waals surface area contributed by atoms with E-state index in [9.17, 15) is 19.2 Å². The minimum Gasteiger partial charge on any atom is -0.490 e. The minimum atomic E-state index is -0.944. The van der Waals surface area contributed by atoms with E-state index in [1.165, 1.54) is 6.07 Å². The van der Waals surface area contributed by atoms with Crippen molar-refractivity contribution in [2.45, 2.75) is 69.6 Å². The Hall–Kier alpha value is -5.59. The number of allylic oxidation sites excluding steroid dienone is 1. The molecule has 58 heavy (non-hydrogen) atoms. The molecule has 0 radical (unpaired) electrons. The maximum Gasteiger partial charge on any atom is 0.272 e. The number of piperidine rings is 2. The highest BCUT2D eigenvalue weighted by molar-refractivity contribution is 6.31. The molecule has 8 rings (SSSR count). The molecule has 4 fully saturated rings. The van der Waals surface area contributed by atoms with Crippen LogP contribution in [-0.2, 0) is 4.79 Å². The largest absolute Gasteiger partial charge is 0.490 e. The molecule has 2 aromatic carbocycles. The second-order valence-corrected chi connectivity index (χ2v) is 16.2. The number of imide groups is 1. The summed E-state index contributed by atoms with van der Waals surface area (Å²) in [5.74, 6) is -0.604. The van der Waals surface area contributed by atoms with E-state index in [1.807, 2.05) is 17.0 Å². The molecule has 0 bridgehead atoms. The first-order chi connectivity index (χ1) is 28.0. The van der Waals surface area contributed by atoms with Gasteiger partial charge in [-0.05, 0) is 93.7 Å². The lowest BCUT2D eigenvalue weighted by Crippen LogP contribution is -2.51. The van der Waals surface area contributed by atoms with E-state index < -0.39 is 29.6 Å². The van der Waals surface area contributed by atoms with Crippen molar-refractivity contribution < 1.29 is 28.3 Å². The van der Waals surface area contributed by atoms with Gasteiger partial charge < -0.3 is 25.2 Å². The maximum atomic E-state index is 15.4. The Kier molecular flexibility index (Phi) is 11.3. The highest BCUT2D eigenvalue weighted by Crippen LogP contribution is 2.34. The molecule has 1 aliphatic carbocycles. The summed E-state index contributed by atoms with van der Waals surface area (Å²) in [5, 5.41) is 23.8. The Morgan fingerprint density at radius 1 is 0.914 bits per heavy atom. The number of amides is 4. The number of carbonyl (C=O) groups excluding carboxylic acids is 4. The molecule has 1 aromatic heterocycles. The molecule has 5 aliphatic rings. The van der Waals surface area contributed by atoms with Gasteiger partial charge in [0, 0.05) is 63.6 Å². The van der Waals surface area contributed by atoms with Gasteiger partial charge in [-0.15, -0.1) is 10.2 Å². The number of benzene rings is 2. The number of hydrogen-bond acceptors (Lipinski definition) is 11. The summed E-state index contributed by atoms with van der Waals surface area (Å²) in [5.41, 5.74) is 1.65. The number of nitrogens with one attached hydrogen (secondary N) is 2. The highest BCUT2D eigenvalue weighted by Gasteiger charge is 2.45. The lowest BCUT2D eigenvalue weighted by molar-refractivity contribution is -0.125. The highest BCUT2D eigenvalue weighted by atomic mass is 35.5. The molecular formula is C42H45ClFN9O5. The van der Waals surface area contributed by atoms with Crippen LogP contribution in [0.15, 0.2) is 54.7 Å². The monoisotopic (exact) mass is 809 g/mol. The molecule has 16 heteroatoms. The fourth-order valence-corrected chi connectivity index (χ4v) is 8.95. The molecule has 5 heterocycles. The fraction of sp³-hybridized carbons (Fsp3) is 0.452. The number of nitrogens with zero attached hydrogens (tertiary/aromatic N) is 7. The van der Waals surface area contributed by atoms with Crippen LogP contribution in [-0.4, -0.2) is 108 Å². The summed E-state index contributed by atoms with van der Waals surface area (Å²) in [7, 11) is 0. The van der Waals surface area contributed by atoms with E-state index in [0.717, 1.165) is 88.0 Å². The molecule has 14 nitrogen and oxygen atoms in total. The normalized spacial score (nSPS) is 23.1. The third-order valence-corrected chi connectivity index (χ3v) is 12.4. The number of fused-ring (bicyclic) bond motifs is 1. The molecule has 0 spiro atoms. The Labute approximate surface area is 340 Å². The topological polar surface area (TPSA) is 164 Å². The van der Waals surface area contributed by atoms with Gasteiger partial charge in [-0.3, -0.25) is 29.0 Å². The van der Waals surface area contributed by atoms with E-state index in [2.05, 4.69) is 37.2 Å². The summed E-state index contributed by atoms with van der Waals surface area (Å²) < 4.78 is 21.5. The number of ether oxygens (including phenoxy) is 1. The smallest absolute Gasteiger partial charge is 0.272 e. The predicted molar refractivity (Wildman–Crippen MR) is 213 cm³/mol. The van der Waals surface area contributed by atoms with Crippen LogP contribution >= 0.6 is 11.6 Å².